The Balaban J connectivity index is 1.68. The normalized spacial score (nSPS) is 20.8. The van der Waals surface area contributed by atoms with Crippen LogP contribution in [0.2, 0.25) is 5.15 Å². The number of aliphatic hydroxyl groups excluding tert-OH is 1. The second-order valence-electron chi connectivity index (χ2n) is 8.03. The van der Waals surface area contributed by atoms with Gasteiger partial charge in [0.05, 0.1) is 24.3 Å². The van der Waals surface area contributed by atoms with Crippen molar-refractivity contribution >= 4 is 22.5 Å². The van der Waals surface area contributed by atoms with Crippen molar-refractivity contribution < 1.29 is 9.84 Å². The molecule has 0 spiro atoms. The van der Waals surface area contributed by atoms with E-state index < -0.39 is 11.7 Å². The van der Waals surface area contributed by atoms with Crippen LogP contribution in [0.1, 0.15) is 36.6 Å². The Morgan fingerprint density at radius 2 is 2.07 bits per heavy atom. The van der Waals surface area contributed by atoms with Gasteiger partial charge in [-0.1, -0.05) is 11.6 Å². The first kappa shape index (κ1) is 19.2. The van der Waals surface area contributed by atoms with Gasteiger partial charge in [0.25, 0.3) is 0 Å². The Labute approximate surface area is 169 Å². The monoisotopic (exact) mass is 400 g/mol. The van der Waals surface area contributed by atoms with Crippen molar-refractivity contribution in [2.24, 2.45) is 0 Å². The van der Waals surface area contributed by atoms with Crippen LogP contribution < -0.4 is 10.1 Å². The van der Waals surface area contributed by atoms with Gasteiger partial charge in [0.2, 0.25) is 0 Å². The number of fused-ring (bicyclic) bond motifs is 2. The van der Waals surface area contributed by atoms with Crippen molar-refractivity contribution in [1.82, 2.24) is 20.1 Å². The highest BCUT2D eigenvalue weighted by Crippen LogP contribution is 2.42. The zero-order valence-corrected chi connectivity index (χ0v) is 17.3. The van der Waals surface area contributed by atoms with Crippen molar-refractivity contribution in [3.05, 3.63) is 52.4 Å². The van der Waals surface area contributed by atoms with Crippen molar-refractivity contribution in [3.8, 4) is 5.75 Å². The Morgan fingerprint density at radius 1 is 1.29 bits per heavy atom. The molecule has 0 bridgehead atoms. The summed E-state index contributed by atoms with van der Waals surface area (Å²) < 4.78 is 8.05. The predicted molar refractivity (Wildman–Crippen MR) is 110 cm³/mol. The molecular weight excluding hydrogens is 376 g/mol. The number of ether oxygens (including phenoxy) is 1. The zero-order chi connectivity index (χ0) is 20.1. The average Bonchev–Trinajstić information content (AvgIpc) is 3.02. The summed E-state index contributed by atoms with van der Waals surface area (Å²) in [7, 11) is 0. The number of pyridine rings is 1. The van der Waals surface area contributed by atoms with E-state index in [1.807, 2.05) is 63.0 Å². The molecule has 7 heteroatoms. The minimum absolute atomic E-state index is 0.277. The van der Waals surface area contributed by atoms with E-state index in [2.05, 4.69) is 15.4 Å². The Bertz CT molecular complexity index is 1030. The van der Waals surface area contributed by atoms with Gasteiger partial charge in [0.15, 0.2) is 0 Å². The first-order valence-electron chi connectivity index (χ1n) is 9.45. The van der Waals surface area contributed by atoms with Gasteiger partial charge in [0, 0.05) is 23.7 Å². The number of halogens is 1. The van der Waals surface area contributed by atoms with Crippen LogP contribution in [0.5, 0.6) is 5.75 Å². The maximum absolute atomic E-state index is 11.0. The van der Waals surface area contributed by atoms with Gasteiger partial charge in [-0.3, -0.25) is 4.68 Å². The van der Waals surface area contributed by atoms with Crippen molar-refractivity contribution in [1.29, 1.82) is 0 Å². The zero-order valence-electron chi connectivity index (χ0n) is 16.5. The lowest BCUT2D eigenvalue weighted by Gasteiger charge is -2.42. The van der Waals surface area contributed by atoms with Crippen molar-refractivity contribution in [2.75, 3.05) is 6.54 Å². The molecule has 0 fully saturated rings. The number of nitrogens with one attached hydrogen (secondary N) is 1. The van der Waals surface area contributed by atoms with Crippen LogP contribution in [-0.4, -0.2) is 38.1 Å². The Morgan fingerprint density at radius 3 is 2.79 bits per heavy atom. The molecule has 0 saturated heterocycles. The summed E-state index contributed by atoms with van der Waals surface area (Å²) in [5.74, 6) is 0.766. The summed E-state index contributed by atoms with van der Waals surface area (Å²) in [4.78, 5) is 4.46. The lowest BCUT2D eigenvalue weighted by atomic mass is 9.85. The molecular formula is C21H25ClN4O2. The molecule has 28 heavy (non-hydrogen) atoms. The molecule has 1 aliphatic heterocycles. The molecule has 0 amide bonds. The minimum Gasteiger partial charge on any atom is -0.485 e. The predicted octanol–water partition coefficient (Wildman–Crippen LogP) is 3.56. The molecule has 3 heterocycles. The molecule has 0 saturated carbocycles. The summed E-state index contributed by atoms with van der Waals surface area (Å²) in [6, 6.07) is 5.54. The molecule has 1 aliphatic rings. The molecule has 0 aliphatic carbocycles. The Hall–Kier alpha value is -2.15. The lowest BCUT2D eigenvalue weighted by molar-refractivity contribution is -0.0644. The summed E-state index contributed by atoms with van der Waals surface area (Å²) in [6.07, 6.45) is 3.13. The highest BCUT2D eigenvalue weighted by Gasteiger charge is 2.42. The van der Waals surface area contributed by atoms with Crippen LogP contribution in [0.15, 0.2) is 30.6 Å². The minimum atomic E-state index is -0.714. The topological polar surface area (TPSA) is 72.2 Å². The van der Waals surface area contributed by atoms with E-state index in [1.165, 1.54) is 0 Å². The van der Waals surface area contributed by atoms with Gasteiger partial charge >= 0.3 is 0 Å². The molecule has 0 radical (unpaired) electrons. The molecule has 2 atom stereocenters. The molecule has 0 unspecified atom stereocenters. The number of aliphatic hydroxyl groups is 1. The van der Waals surface area contributed by atoms with Crippen molar-refractivity contribution in [3.63, 3.8) is 0 Å². The largest absolute Gasteiger partial charge is 0.485 e. The highest BCUT2D eigenvalue weighted by atomic mass is 35.5. The number of hydrogen-bond acceptors (Lipinski definition) is 5. The molecule has 3 aromatic rings. The van der Waals surface area contributed by atoms with Gasteiger partial charge in [-0.25, -0.2) is 4.98 Å². The lowest BCUT2D eigenvalue weighted by Crippen LogP contribution is -2.52. The van der Waals surface area contributed by atoms with Crippen LogP contribution in [0, 0.1) is 13.8 Å². The molecule has 6 nitrogen and oxygen atoms in total. The molecule has 148 valence electrons. The van der Waals surface area contributed by atoms with E-state index >= 15 is 0 Å². The van der Waals surface area contributed by atoms with Gasteiger partial charge in [-0.15, -0.1) is 0 Å². The van der Waals surface area contributed by atoms with Crippen molar-refractivity contribution in [2.45, 2.75) is 52.0 Å². The average molecular weight is 401 g/mol. The smallest absolute Gasteiger partial charge is 0.131 e. The van der Waals surface area contributed by atoms with E-state index in [-0.39, 0.29) is 6.04 Å². The van der Waals surface area contributed by atoms with E-state index in [0.29, 0.717) is 18.2 Å². The van der Waals surface area contributed by atoms with Crippen LogP contribution >= 0.6 is 11.6 Å². The van der Waals surface area contributed by atoms with Gasteiger partial charge in [0.1, 0.15) is 22.6 Å². The quantitative estimate of drug-likeness (QED) is 0.655. The summed E-state index contributed by atoms with van der Waals surface area (Å²) in [5.41, 5.74) is 3.15. The summed E-state index contributed by atoms with van der Waals surface area (Å²) in [5, 5.41) is 20.2. The van der Waals surface area contributed by atoms with Crippen LogP contribution in [0.4, 0.5) is 0 Å². The van der Waals surface area contributed by atoms with Crippen LogP contribution in [0.3, 0.4) is 0 Å². The fourth-order valence-corrected chi connectivity index (χ4v) is 4.04. The number of hydrogen-bond donors (Lipinski definition) is 2. The summed E-state index contributed by atoms with van der Waals surface area (Å²) >= 11 is 6.15. The third-order valence-corrected chi connectivity index (χ3v) is 5.51. The van der Waals surface area contributed by atoms with Gasteiger partial charge < -0.3 is 15.2 Å². The molecule has 2 aromatic heterocycles. The number of aryl methyl sites for hydroxylation is 2. The SMILES string of the molecule is Cc1cnn(CCN[C@H]2c3cc4nc(Cl)cc(C)c4cc3OC(C)(C)[C@@H]2O)c1. The Kier molecular flexibility index (Phi) is 4.81. The standard InChI is InChI=1S/C21H25ClN4O2/c1-12-10-24-26(11-12)6-5-23-19-15-8-16-14(13(2)7-18(22)25-16)9-17(15)28-21(3,4)20(19)27/h7-11,19-20,23,27H,5-6H2,1-4H3/t19-,20+/m0/s1. The first-order valence-corrected chi connectivity index (χ1v) is 9.83. The first-order chi connectivity index (χ1) is 13.2. The van der Waals surface area contributed by atoms with E-state index in [0.717, 1.165) is 33.3 Å². The van der Waals surface area contributed by atoms with E-state index in [9.17, 15) is 5.11 Å². The maximum atomic E-state index is 11.0. The van der Waals surface area contributed by atoms with Crippen LogP contribution in [0.25, 0.3) is 10.9 Å². The third kappa shape index (κ3) is 3.48. The number of rotatable bonds is 4. The molecule has 4 rings (SSSR count). The second-order valence-corrected chi connectivity index (χ2v) is 8.42. The molecule has 2 N–H and O–H groups in total. The highest BCUT2D eigenvalue weighted by molar-refractivity contribution is 6.29. The summed E-state index contributed by atoms with van der Waals surface area (Å²) in [6.45, 7) is 9.21. The fraction of sp³-hybridized carbons (Fsp3) is 0.429. The van der Waals surface area contributed by atoms with Crippen LogP contribution in [-0.2, 0) is 6.54 Å². The maximum Gasteiger partial charge on any atom is 0.131 e. The van der Waals surface area contributed by atoms with E-state index in [4.69, 9.17) is 16.3 Å². The second kappa shape index (κ2) is 7.03. The number of nitrogens with zero attached hydrogens (tertiary/aromatic N) is 3. The number of benzene rings is 1. The van der Waals surface area contributed by atoms with E-state index in [1.54, 1.807) is 0 Å². The third-order valence-electron chi connectivity index (χ3n) is 5.32. The fourth-order valence-electron chi connectivity index (χ4n) is 3.79. The van der Waals surface area contributed by atoms with Gasteiger partial charge in [-0.05, 0) is 57.0 Å². The van der Waals surface area contributed by atoms with Gasteiger partial charge in [-0.2, -0.15) is 5.10 Å². The molecule has 1 aromatic carbocycles. The number of aromatic nitrogens is 3.